The van der Waals surface area contributed by atoms with Gasteiger partial charge in [0.05, 0.1) is 44.9 Å². The molecule has 2 atom stereocenters. The zero-order chi connectivity index (χ0) is 28.3. The van der Waals surface area contributed by atoms with Crippen molar-refractivity contribution in [2.75, 3.05) is 26.7 Å². The van der Waals surface area contributed by atoms with Crippen molar-refractivity contribution in [3.05, 3.63) is 71.8 Å². The van der Waals surface area contributed by atoms with Gasteiger partial charge in [-0.3, -0.25) is 14.4 Å². The molecule has 1 aliphatic carbocycles. The first-order valence-corrected chi connectivity index (χ1v) is 13.9. The molecule has 1 saturated carbocycles. The van der Waals surface area contributed by atoms with Gasteiger partial charge in [0.25, 0.3) is 5.91 Å². The lowest BCUT2D eigenvalue weighted by molar-refractivity contribution is -0.137. The number of aryl methyl sites for hydroxylation is 1. The number of fused-ring (bicyclic) bond motifs is 9. The van der Waals surface area contributed by atoms with E-state index < -0.39 is 12.1 Å². The number of aromatic nitrogens is 2. The van der Waals surface area contributed by atoms with Crippen molar-refractivity contribution in [1.29, 1.82) is 0 Å². The van der Waals surface area contributed by atoms with E-state index in [0.717, 1.165) is 24.0 Å². The molecule has 2 N–H and O–H groups in total. The topological polar surface area (TPSA) is 126 Å². The molecule has 2 fully saturated rings. The second kappa shape index (κ2) is 11.6. The van der Waals surface area contributed by atoms with Gasteiger partial charge in [-0.15, -0.1) is 0 Å². The normalized spacial score (nSPS) is 21.8. The number of likely N-dealkylation sites (tertiary alicyclic amines) is 1. The predicted molar refractivity (Wildman–Crippen MR) is 148 cm³/mol. The van der Waals surface area contributed by atoms with E-state index in [2.05, 4.69) is 15.3 Å². The molecule has 41 heavy (non-hydrogen) atoms. The molecule has 4 aliphatic rings. The summed E-state index contributed by atoms with van der Waals surface area (Å²) >= 11 is 0. The standard InChI is InChI=1S/C30H33N5O6/c1-39-26-12-19-5-9-25(26)41-22-4-2-3-20(11-22)17-40-27-15-34(30(38)23-13-31-18-32-23)14-24(27)33-28(36)16-35(21-7-8-21)29(37)10-6-19/h2-5,9,11-13,18,21,24,27H,6-8,10,14-17H2,1H3,(H,31,32)(H,33,36)/t24-,27-/m0/s1. The Labute approximate surface area is 237 Å². The average Bonchev–Trinajstić information content (AvgIpc) is 3.51. The molecular weight excluding hydrogens is 526 g/mol. The van der Waals surface area contributed by atoms with E-state index in [9.17, 15) is 14.4 Å². The van der Waals surface area contributed by atoms with Crippen LogP contribution in [0.15, 0.2) is 55.0 Å². The molecule has 1 saturated heterocycles. The molecule has 3 aromatic rings. The fourth-order valence-corrected chi connectivity index (χ4v) is 5.38. The summed E-state index contributed by atoms with van der Waals surface area (Å²) < 4.78 is 18.0. The molecule has 0 unspecified atom stereocenters. The number of hydrogen-bond acceptors (Lipinski definition) is 7. The summed E-state index contributed by atoms with van der Waals surface area (Å²) in [5.74, 6) is 1.22. The second-order valence-corrected chi connectivity index (χ2v) is 10.7. The first kappa shape index (κ1) is 26.8. The van der Waals surface area contributed by atoms with Crippen LogP contribution in [0.2, 0.25) is 0 Å². The van der Waals surface area contributed by atoms with E-state index in [0.29, 0.717) is 35.9 Å². The molecule has 11 heteroatoms. The molecule has 7 rings (SSSR count). The zero-order valence-electron chi connectivity index (χ0n) is 22.9. The zero-order valence-corrected chi connectivity index (χ0v) is 22.9. The third-order valence-corrected chi connectivity index (χ3v) is 7.70. The van der Waals surface area contributed by atoms with E-state index in [1.807, 2.05) is 42.5 Å². The van der Waals surface area contributed by atoms with Crippen molar-refractivity contribution < 1.29 is 28.6 Å². The summed E-state index contributed by atoms with van der Waals surface area (Å²) in [5, 5.41) is 3.06. The maximum absolute atomic E-state index is 13.3. The van der Waals surface area contributed by atoms with Crippen molar-refractivity contribution in [3.8, 4) is 17.2 Å². The van der Waals surface area contributed by atoms with Gasteiger partial charge in [-0.05, 0) is 54.7 Å². The Morgan fingerprint density at radius 1 is 1.07 bits per heavy atom. The van der Waals surface area contributed by atoms with E-state index in [1.165, 1.54) is 12.5 Å². The van der Waals surface area contributed by atoms with Gasteiger partial charge in [-0.2, -0.15) is 0 Å². The lowest BCUT2D eigenvalue weighted by Crippen LogP contribution is -2.49. The monoisotopic (exact) mass is 559 g/mol. The Balaban J connectivity index is 1.27. The number of carbonyl (C=O) groups excluding carboxylic acids is 3. The van der Waals surface area contributed by atoms with Gasteiger partial charge in [0.2, 0.25) is 11.8 Å². The largest absolute Gasteiger partial charge is 0.493 e. The Hall–Kier alpha value is -4.38. The number of benzene rings is 2. The Bertz CT molecular complexity index is 1420. The highest BCUT2D eigenvalue weighted by Crippen LogP contribution is 2.34. The summed E-state index contributed by atoms with van der Waals surface area (Å²) in [6.07, 6.45) is 5.05. The minimum atomic E-state index is -0.449. The van der Waals surface area contributed by atoms with Crippen LogP contribution in [-0.2, 0) is 27.4 Å². The smallest absolute Gasteiger partial charge is 0.272 e. The van der Waals surface area contributed by atoms with Crippen LogP contribution in [0.4, 0.5) is 0 Å². The second-order valence-electron chi connectivity index (χ2n) is 10.7. The number of amides is 3. The Morgan fingerprint density at radius 3 is 2.73 bits per heavy atom. The number of nitrogens with one attached hydrogen (secondary N) is 2. The minimum Gasteiger partial charge on any atom is -0.493 e. The number of rotatable bonds is 3. The SMILES string of the molecule is COc1cc2ccc1Oc1cccc(c1)CO[C@H]1CN(C(=O)c3cnc[nH]3)C[C@@H]1NC(=O)CN(C1CC1)C(=O)CC2. The summed E-state index contributed by atoms with van der Waals surface area (Å²) in [7, 11) is 1.59. The summed E-state index contributed by atoms with van der Waals surface area (Å²) in [6.45, 7) is 0.804. The summed E-state index contributed by atoms with van der Waals surface area (Å²) in [6, 6.07) is 12.9. The Morgan fingerprint density at radius 2 is 1.95 bits per heavy atom. The first-order chi connectivity index (χ1) is 20.0. The number of methoxy groups -OCH3 is 1. The fraction of sp³-hybridized carbons (Fsp3) is 0.400. The number of nitrogens with zero attached hydrogens (tertiary/aromatic N) is 3. The molecular formula is C30H33N5O6. The predicted octanol–water partition coefficient (Wildman–Crippen LogP) is 2.67. The molecule has 0 radical (unpaired) electrons. The van der Waals surface area contributed by atoms with Crippen molar-refractivity contribution in [2.24, 2.45) is 0 Å². The van der Waals surface area contributed by atoms with Gasteiger partial charge in [0.15, 0.2) is 11.5 Å². The third kappa shape index (κ3) is 6.19. The lowest BCUT2D eigenvalue weighted by atomic mass is 10.1. The van der Waals surface area contributed by atoms with Crippen LogP contribution >= 0.6 is 0 Å². The summed E-state index contributed by atoms with van der Waals surface area (Å²) in [5.41, 5.74) is 2.19. The van der Waals surface area contributed by atoms with Gasteiger partial charge < -0.3 is 34.3 Å². The summed E-state index contributed by atoms with van der Waals surface area (Å²) in [4.78, 5) is 49.7. The first-order valence-electron chi connectivity index (χ1n) is 13.9. The van der Waals surface area contributed by atoms with Crippen LogP contribution in [0.3, 0.4) is 0 Å². The number of imidazole rings is 1. The highest BCUT2D eigenvalue weighted by molar-refractivity contribution is 5.92. The maximum atomic E-state index is 13.3. The Kier molecular flexibility index (Phi) is 7.60. The van der Waals surface area contributed by atoms with Crippen molar-refractivity contribution >= 4 is 17.7 Å². The fourth-order valence-electron chi connectivity index (χ4n) is 5.38. The number of ether oxygens (including phenoxy) is 3. The van der Waals surface area contributed by atoms with E-state index in [1.54, 1.807) is 16.9 Å². The number of H-pyrrole nitrogens is 1. The van der Waals surface area contributed by atoms with Crippen LogP contribution in [0.1, 0.15) is 40.9 Å². The molecule has 3 aliphatic heterocycles. The van der Waals surface area contributed by atoms with E-state index in [4.69, 9.17) is 14.2 Å². The van der Waals surface area contributed by atoms with Gasteiger partial charge in [0, 0.05) is 25.6 Å². The maximum Gasteiger partial charge on any atom is 0.272 e. The van der Waals surface area contributed by atoms with Crippen LogP contribution in [0, 0.1) is 0 Å². The molecule has 11 nitrogen and oxygen atoms in total. The molecule has 4 bridgehead atoms. The van der Waals surface area contributed by atoms with Crippen LogP contribution in [0.25, 0.3) is 0 Å². The van der Waals surface area contributed by atoms with Gasteiger partial charge >= 0.3 is 0 Å². The number of aromatic amines is 1. The molecule has 3 amide bonds. The molecule has 2 aromatic carbocycles. The van der Waals surface area contributed by atoms with E-state index >= 15 is 0 Å². The number of hydrogen-bond donors (Lipinski definition) is 2. The van der Waals surface area contributed by atoms with Gasteiger partial charge in [0.1, 0.15) is 11.4 Å². The van der Waals surface area contributed by atoms with Crippen LogP contribution < -0.4 is 14.8 Å². The molecule has 4 heterocycles. The minimum absolute atomic E-state index is 0.0284. The molecule has 1 aromatic heterocycles. The van der Waals surface area contributed by atoms with Crippen molar-refractivity contribution in [3.63, 3.8) is 0 Å². The molecule has 0 spiro atoms. The van der Waals surface area contributed by atoms with Crippen LogP contribution in [0.5, 0.6) is 17.2 Å². The van der Waals surface area contributed by atoms with E-state index in [-0.39, 0.29) is 49.9 Å². The quantitative estimate of drug-likeness (QED) is 0.505. The van der Waals surface area contributed by atoms with Crippen molar-refractivity contribution in [2.45, 2.75) is 50.5 Å². The van der Waals surface area contributed by atoms with Gasteiger partial charge in [-0.25, -0.2) is 4.98 Å². The van der Waals surface area contributed by atoms with Crippen molar-refractivity contribution in [1.82, 2.24) is 25.1 Å². The molecule has 214 valence electrons. The lowest BCUT2D eigenvalue weighted by Gasteiger charge is -2.25. The highest BCUT2D eigenvalue weighted by Gasteiger charge is 2.39. The number of carbonyl (C=O) groups is 3. The highest BCUT2D eigenvalue weighted by atomic mass is 16.5. The third-order valence-electron chi connectivity index (χ3n) is 7.70. The van der Waals surface area contributed by atoms with Gasteiger partial charge in [-0.1, -0.05) is 18.2 Å². The van der Waals surface area contributed by atoms with Crippen LogP contribution in [-0.4, -0.2) is 82.4 Å². The average molecular weight is 560 g/mol.